The zero-order valence-corrected chi connectivity index (χ0v) is 13.4. The number of carbonyl (C=O) groups is 1. The first kappa shape index (κ1) is 16.4. The number of aromatic amines is 1. The highest BCUT2D eigenvalue weighted by Crippen LogP contribution is 2.25. The molecule has 1 aromatic heterocycles. The maximum absolute atomic E-state index is 11.9. The normalized spacial score (nSPS) is 14.7. The number of benzene rings is 1. The third kappa shape index (κ3) is 3.90. The van der Waals surface area contributed by atoms with Crippen LogP contribution >= 0.6 is 0 Å². The summed E-state index contributed by atoms with van der Waals surface area (Å²) in [5.74, 6) is 0.159. The lowest BCUT2D eigenvalue weighted by molar-refractivity contribution is -0.0531. The topological polar surface area (TPSA) is 95.6 Å². The van der Waals surface area contributed by atoms with E-state index in [-0.39, 0.29) is 18.6 Å². The molecule has 1 aliphatic rings. The number of carbonyl (C=O) groups excluding carboxylic acids is 1. The minimum atomic E-state index is -0.511. The van der Waals surface area contributed by atoms with Crippen LogP contribution in [0.5, 0.6) is 5.75 Å². The van der Waals surface area contributed by atoms with E-state index in [2.05, 4.69) is 15.4 Å². The van der Waals surface area contributed by atoms with Gasteiger partial charge in [-0.1, -0.05) is 12.1 Å². The summed E-state index contributed by atoms with van der Waals surface area (Å²) in [7, 11) is 0. The zero-order valence-electron chi connectivity index (χ0n) is 13.4. The van der Waals surface area contributed by atoms with Crippen molar-refractivity contribution in [1.29, 1.82) is 0 Å². The van der Waals surface area contributed by atoms with Crippen molar-refractivity contribution in [3.63, 3.8) is 0 Å². The first-order chi connectivity index (χ1) is 11.8. The van der Waals surface area contributed by atoms with Crippen LogP contribution in [-0.4, -0.2) is 54.1 Å². The predicted molar refractivity (Wildman–Crippen MR) is 83.6 cm³/mol. The lowest BCUT2D eigenvalue weighted by Gasteiger charge is -2.11. The number of esters is 1. The fraction of sp³-hybridized carbons (Fsp3) is 0.438. The van der Waals surface area contributed by atoms with Crippen LogP contribution in [-0.2, 0) is 14.2 Å². The van der Waals surface area contributed by atoms with Crippen LogP contribution in [0.15, 0.2) is 24.3 Å². The largest absolute Gasteiger partial charge is 0.493 e. The third-order valence-corrected chi connectivity index (χ3v) is 3.44. The molecular formula is C16H19N3O5. The molecule has 0 bridgehead atoms. The lowest BCUT2D eigenvalue weighted by atomic mass is 10.1. The quantitative estimate of drug-likeness (QED) is 0.772. The number of aromatic nitrogens is 3. The Kier molecular flexibility index (Phi) is 5.39. The maximum atomic E-state index is 11.9. The first-order valence-electron chi connectivity index (χ1n) is 7.82. The van der Waals surface area contributed by atoms with Gasteiger partial charge in [0.25, 0.3) is 0 Å². The van der Waals surface area contributed by atoms with Crippen molar-refractivity contribution in [1.82, 2.24) is 15.4 Å². The second-order valence-corrected chi connectivity index (χ2v) is 5.08. The number of H-pyrrole nitrogens is 1. The summed E-state index contributed by atoms with van der Waals surface area (Å²) in [6.07, 6.45) is 0.460. The molecule has 1 saturated heterocycles. The van der Waals surface area contributed by atoms with Gasteiger partial charge in [-0.15, -0.1) is 5.10 Å². The van der Waals surface area contributed by atoms with Gasteiger partial charge in [0.05, 0.1) is 26.4 Å². The molecule has 0 atom stereocenters. The molecule has 8 nitrogen and oxygen atoms in total. The Labute approximate surface area is 139 Å². The number of hydrogen-bond acceptors (Lipinski definition) is 7. The van der Waals surface area contributed by atoms with Gasteiger partial charge in [-0.2, -0.15) is 10.3 Å². The Morgan fingerprint density at radius 2 is 2.17 bits per heavy atom. The highest BCUT2D eigenvalue weighted by atomic mass is 16.7. The summed E-state index contributed by atoms with van der Waals surface area (Å²) in [4.78, 5) is 11.9. The average Bonchev–Trinajstić information content (AvgIpc) is 3.27. The van der Waals surface area contributed by atoms with E-state index < -0.39 is 5.97 Å². The number of rotatable bonds is 7. The number of nitrogens with one attached hydrogen (secondary N) is 1. The van der Waals surface area contributed by atoms with Crippen molar-refractivity contribution in [2.75, 3.05) is 26.4 Å². The minimum absolute atomic E-state index is 0.154. The molecule has 0 saturated carbocycles. The van der Waals surface area contributed by atoms with Crippen molar-refractivity contribution in [2.24, 2.45) is 0 Å². The summed E-state index contributed by atoms with van der Waals surface area (Å²) < 4.78 is 21.4. The Bertz CT molecular complexity index is 682. The molecule has 2 heterocycles. The third-order valence-electron chi connectivity index (χ3n) is 3.44. The van der Waals surface area contributed by atoms with E-state index in [1.54, 1.807) is 13.0 Å². The minimum Gasteiger partial charge on any atom is -0.493 e. The molecule has 0 unspecified atom stereocenters. The fourth-order valence-electron chi connectivity index (χ4n) is 2.35. The molecule has 128 valence electrons. The van der Waals surface area contributed by atoms with Gasteiger partial charge < -0.3 is 18.9 Å². The molecule has 1 fully saturated rings. The zero-order chi connectivity index (χ0) is 16.8. The van der Waals surface area contributed by atoms with E-state index in [1.807, 2.05) is 18.2 Å². The van der Waals surface area contributed by atoms with Gasteiger partial charge in [-0.3, -0.25) is 0 Å². The molecule has 8 heteroatoms. The smallest absolute Gasteiger partial charge is 0.361 e. The van der Waals surface area contributed by atoms with E-state index in [4.69, 9.17) is 18.9 Å². The summed E-state index contributed by atoms with van der Waals surface area (Å²) in [6.45, 7) is 3.74. The van der Waals surface area contributed by atoms with Crippen LogP contribution in [0.25, 0.3) is 11.3 Å². The standard InChI is InChI=1S/C16H19N3O5/c1-2-21-16(20)15-14(17-19-18-15)11-4-3-5-12(10-11)22-7-6-13-23-8-9-24-13/h3-5,10,13H,2,6-9H2,1H3,(H,17,18,19). The monoisotopic (exact) mass is 333 g/mol. The highest BCUT2D eigenvalue weighted by molar-refractivity contribution is 5.93. The van der Waals surface area contributed by atoms with Crippen LogP contribution in [0.3, 0.4) is 0 Å². The summed E-state index contributed by atoms with van der Waals surface area (Å²) in [5, 5.41) is 10.4. The van der Waals surface area contributed by atoms with Gasteiger partial charge in [-0.25, -0.2) is 4.79 Å². The fourth-order valence-corrected chi connectivity index (χ4v) is 2.35. The van der Waals surface area contributed by atoms with Gasteiger partial charge in [-0.05, 0) is 19.1 Å². The Hall–Kier alpha value is -2.45. The summed E-state index contributed by atoms with van der Waals surface area (Å²) in [6, 6.07) is 7.30. The van der Waals surface area contributed by atoms with Crippen molar-refractivity contribution >= 4 is 5.97 Å². The van der Waals surface area contributed by atoms with Crippen molar-refractivity contribution in [3.8, 4) is 17.0 Å². The number of nitrogens with zero attached hydrogens (tertiary/aromatic N) is 2. The Morgan fingerprint density at radius 3 is 2.96 bits per heavy atom. The number of hydrogen-bond donors (Lipinski definition) is 1. The van der Waals surface area contributed by atoms with Crippen LogP contribution in [0.1, 0.15) is 23.8 Å². The molecule has 1 aromatic carbocycles. The molecule has 3 rings (SSSR count). The Balaban J connectivity index is 1.66. The molecule has 0 spiro atoms. The molecule has 1 N–H and O–H groups in total. The maximum Gasteiger partial charge on any atom is 0.361 e. The molecule has 0 amide bonds. The Morgan fingerprint density at radius 1 is 1.33 bits per heavy atom. The van der Waals surface area contributed by atoms with E-state index >= 15 is 0 Å². The number of ether oxygens (including phenoxy) is 4. The van der Waals surface area contributed by atoms with Gasteiger partial charge in [0.1, 0.15) is 11.4 Å². The SMILES string of the molecule is CCOC(=O)c1n[nH]nc1-c1cccc(OCCC2OCCO2)c1. The highest BCUT2D eigenvalue weighted by Gasteiger charge is 2.19. The van der Waals surface area contributed by atoms with Crippen LogP contribution < -0.4 is 4.74 Å². The van der Waals surface area contributed by atoms with Crippen LogP contribution in [0.4, 0.5) is 0 Å². The second kappa shape index (κ2) is 7.89. The van der Waals surface area contributed by atoms with Crippen molar-refractivity contribution < 1.29 is 23.7 Å². The first-order valence-corrected chi connectivity index (χ1v) is 7.82. The summed E-state index contributed by atoms with van der Waals surface area (Å²) in [5.41, 5.74) is 1.31. The van der Waals surface area contributed by atoms with Crippen LogP contribution in [0.2, 0.25) is 0 Å². The van der Waals surface area contributed by atoms with E-state index in [9.17, 15) is 4.79 Å². The van der Waals surface area contributed by atoms with E-state index in [0.29, 0.717) is 37.7 Å². The van der Waals surface area contributed by atoms with Crippen molar-refractivity contribution in [3.05, 3.63) is 30.0 Å². The molecule has 0 radical (unpaired) electrons. The van der Waals surface area contributed by atoms with Crippen LogP contribution in [0, 0.1) is 0 Å². The second-order valence-electron chi connectivity index (χ2n) is 5.08. The molecule has 0 aliphatic carbocycles. The van der Waals surface area contributed by atoms with Crippen molar-refractivity contribution in [2.45, 2.75) is 19.6 Å². The molecule has 2 aromatic rings. The van der Waals surface area contributed by atoms with E-state index in [1.165, 1.54) is 0 Å². The van der Waals surface area contributed by atoms with Gasteiger partial charge in [0.2, 0.25) is 0 Å². The average molecular weight is 333 g/mol. The predicted octanol–water partition coefficient (Wildman–Crippen LogP) is 1.79. The van der Waals surface area contributed by atoms with Gasteiger partial charge in [0.15, 0.2) is 12.0 Å². The molecular weight excluding hydrogens is 314 g/mol. The lowest BCUT2D eigenvalue weighted by Crippen LogP contribution is -2.12. The van der Waals surface area contributed by atoms with Gasteiger partial charge >= 0.3 is 5.97 Å². The van der Waals surface area contributed by atoms with Gasteiger partial charge in [0, 0.05) is 12.0 Å². The molecule has 24 heavy (non-hydrogen) atoms. The molecule has 1 aliphatic heterocycles. The summed E-state index contributed by atoms with van der Waals surface area (Å²) >= 11 is 0. The van der Waals surface area contributed by atoms with E-state index in [0.717, 1.165) is 5.56 Å².